The molecule has 0 unspecified atom stereocenters. The molecule has 0 spiro atoms. The number of nitrogens with one attached hydrogen (secondary N) is 2. The molecule has 0 saturated heterocycles. The zero-order valence-corrected chi connectivity index (χ0v) is 11.2. The predicted octanol–water partition coefficient (Wildman–Crippen LogP) is 1.72. The number of hydrogen-bond donors (Lipinski definition) is 2. The van der Waals surface area contributed by atoms with Gasteiger partial charge in [-0.3, -0.25) is 4.79 Å². The highest BCUT2D eigenvalue weighted by Gasteiger charge is 2.14. The number of carbonyl (C=O) groups excluding carboxylic acids is 1. The summed E-state index contributed by atoms with van der Waals surface area (Å²) in [6, 6.07) is 12.6. The van der Waals surface area contributed by atoms with Gasteiger partial charge in [0.1, 0.15) is 11.9 Å². The van der Waals surface area contributed by atoms with Crippen molar-refractivity contribution in [1.29, 1.82) is 0 Å². The molecule has 0 aliphatic heterocycles. The van der Waals surface area contributed by atoms with Gasteiger partial charge in [0.15, 0.2) is 0 Å². The molecule has 0 atom stereocenters. The van der Waals surface area contributed by atoms with E-state index in [1.807, 2.05) is 30.3 Å². The van der Waals surface area contributed by atoms with Crippen LogP contribution in [-0.4, -0.2) is 22.4 Å². The normalized spacial score (nSPS) is 9.90. The van der Waals surface area contributed by atoms with E-state index in [4.69, 9.17) is 0 Å². The Hall–Kier alpha value is -2.96. The number of rotatable bonds is 6. The fraction of sp³-hybridized carbons (Fsp3) is 0.143. The van der Waals surface area contributed by atoms with Crippen LogP contribution in [0.2, 0.25) is 0 Å². The Labute approximate surface area is 121 Å². The Morgan fingerprint density at radius 2 is 1.95 bits per heavy atom. The third-order valence-corrected chi connectivity index (χ3v) is 2.73. The number of aromatic nitrogens is 1. The molecule has 0 aliphatic carbocycles. The van der Waals surface area contributed by atoms with Crippen LogP contribution in [0, 0.1) is 10.1 Å². The summed E-state index contributed by atoms with van der Waals surface area (Å²) in [7, 11) is 0. The van der Waals surface area contributed by atoms with Crippen LogP contribution >= 0.6 is 0 Å². The molecule has 21 heavy (non-hydrogen) atoms. The second-order valence-electron chi connectivity index (χ2n) is 4.25. The van der Waals surface area contributed by atoms with Gasteiger partial charge in [0.05, 0.1) is 6.54 Å². The van der Waals surface area contributed by atoms with Gasteiger partial charge in [0.25, 0.3) is 0 Å². The van der Waals surface area contributed by atoms with Crippen LogP contribution in [0.25, 0.3) is 0 Å². The number of amides is 1. The number of nitro groups is 1. The van der Waals surface area contributed by atoms with E-state index in [0.29, 0.717) is 6.54 Å². The van der Waals surface area contributed by atoms with E-state index in [1.165, 1.54) is 12.3 Å². The molecule has 0 saturated carbocycles. The topological polar surface area (TPSA) is 97.2 Å². The van der Waals surface area contributed by atoms with Crippen molar-refractivity contribution in [3.8, 4) is 0 Å². The minimum absolute atomic E-state index is 0.0562. The second kappa shape index (κ2) is 6.99. The Morgan fingerprint density at radius 3 is 2.67 bits per heavy atom. The third kappa shape index (κ3) is 4.27. The fourth-order valence-electron chi connectivity index (χ4n) is 1.71. The van der Waals surface area contributed by atoms with Crippen LogP contribution in [0.15, 0.2) is 48.7 Å². The minimum Gasteiger partial charge on any atom is -0.369 e. The zero-order chi connectivity index (χ0) is 15.1. The van der Waals surface area contributed by atoms with Crippen molar-refractivity contribution < 1.29 is 9.72 Å². The molecule has 0 radical (unpaired) electrons. The molecule has 1 aromatic heterocycles. The molecule has 2 rings (SSSR count). The van der Waals surface area contributed by atoms with E-state index in [-0.39, 0.29) is 24.0 Å². The molecule has 7 nitrogen and oxygen atoms in total. The molecule has 1 heterocycles. The fourth-order valence-corrected chi connectivity index (χ4v) is 1.71. The number of pyridine rings is 1. The van der Waals surface area contributed by atoms with Crippen molar-refractivity contribution in [3.63, 3.8) is 0 Å². The SMILES string of the molecule is O=C(CNc1cccnc1[N+](=O)[O-])NCc1ccccc1. The number of benzene rings is 1. The molecule has 0 aliphatic rings. The van der Waals surface area contributed by atoms with E-state index < -0.39 is 4.92 Å². The lowest BCUT2D eigenvalue weighted by molar-refractivity contribution is -0.388. The van der Waals surface area contributed by atoms with E-state index >= 15 is 0 Å². The summed E-state index contributed by atoms with van der Waals surface area (Å²) >= 11 is 0. The maximum Gasteiger partial charge on any atom is 0.386 e. The van der Waals surface area contributed by atoms with Gasteiger partial charge in [-0.1, -0.05) is 30.3 Å². The second-order valence-corrected chi connectivity index (χ2v) is 4.25. The molecule has 2 N–H and O–H groups in total. The quantitative estimate of drug-likeness (QED) is 0.622. The summed E-state index contributed by atoms with van der Waals surface area (Å²) in [5, 5.41) is 16.2. The van der Waals surface area contributed by atoms with Crippen molar-refractivity contribution in [3.05, 3.63) is 64.3 Å². The van der Waals surface area contributed by atoms with Gasteiger partial charge in [-0.25, -0.2) is 0 Å². The van der Waals surface area contributed by atoms with Gasteiger partial charge >= 0.3 is 5.82 Å². The largest absolute Gasteiger partial charge is 0.386 e. The first kappa shape index (κ1) is 14.4. The van der Waals surface area contributed by atoms with Crippen LogP contribution in [0.5, 0.6) is 0 Å². The summed E-state index contributed by atoms with van der Waals surface area (Å²) in [4.78, 5) is 25.6. The molecule has 0 bridgehead atoms. The molecular formula is C14H14N4O3. The monoisotopic (exact) mass is 286 g/mol. The Kier molecular flexibility index (Phi) is 4.81. The zero-order valence-electron chi connectivity index (χ0n) is 11.2. The highest BCUT2D eigenvalue weighted by atomic mass is 16.6. The molecule has 1 amide bonds. The number of nitrogens with zero attached hydrogens (tertiary/aromatic N) is 2. The van der Waals surface area contributed by atoms with Crippen LogP contribution in [-0.2, 0) is 11.3 Å². The minimum atomic E-state index is -0.593. The lowest BCUT2D eigenvalue weighted by atomic mass is 10.2. The predicted molar refractivity (Wildman–Crippen MR) is 77.7 cm³/mol. The summed E-state index contributed by atoms with van der Waals surface area (Å²) in [6.45, 7) is 0.357. The van der Waals surface area contributed by atoms with E-state index in [2.05, 4.69) is 15.6 Å². The van der Waals surface area contributed by atoms with Gasteiger partial charge in [0.2, 0.25) is 5.91 Å². The molecule has 0 fully saturated rings. The van der Waals surface area contributed by atoms with Gasteiger partial charge in [-0.2, -0.15) is 0 Å². The van der Waals surface area contributed by atoms with Gasteiger partial charge in [-0.15, -0.1) is 0 Å². The van der Waals surface area contributed by atoms with Crippen molar-refractivity contribution in [2.75, 3.05) is 11.9 Å². The first-order valence-corrected chi connectivity index (χ1v) is 6.30. The number of hydrogen-bond acceptors (Lipinski definition) is 5. The first-order valence-electron chi connectivity index (χ1n) is 6.30. The highest BCUT2D eigenvalue weighted by molar-refractivity contribution is 5.81. The summed E-state index contributed by atoms with van der Waals surface area (Å²) in [6.07, 6.45) is 1.33. The van der Waals surface area contributed by atoms with E-state index in [1.54, 1.807) is 6.07 Å². The Bertz CT molecular complexity index is 631. The van der Waals surface area contributed by atoms with E-state index in [0.717, 1.165) is 5.56 Å². The highest BCUT2D eigenvalue weighted by Crippen LogP contribution is 2.19. The maximum absolute atomic E-state index is 11.7. The van der Waals surface area contributed by atoms with Crippen LogP contribution in [0.3, 0.4) is 0 Å². The van der Waals surface area contributed by atoms with Gasteiger partial charge in [0, 0.05) is 6.54 Å². The molecule has 2 aromatic rings. The van der Waals surface area contributed by atoms with Crippen molar-refractivity contribution in [2.45, 2.75) is 6.54 Å². The van der Waals surface area contributed by atoms with Gasteiger partial charge in [-0.05, 0) is 27.6 Å². The standard InChI is InChI=1S/C14H14N4O3/c19-13(17-9-11-5-2-1-3-6-11)10-16-12-7-4-8-15-14(12)18(20)21/h1-8,16H,9-10H2,(H,17,19). The van der Waals surface area contributed by atoms with Gasteiger partial charge < -0.3 is 20.7 Å². The van der Waals surface area contributed by atoms with Crippen LogP contribution in [0.1, 0.15) is 5.56 Å². The van der Waals surface area contributed by atoms with Crippen molar-refractivity contribution >= 4 is 17.4 Å². The van der Waals surface area contributed by atoms with Crippen LogP contribution in [0.4, 0.5) is 11.5 Å². The van der Waals surface area contributed by atoms with E-state index in [9.17, 15) is 14.9 Å². The Balaban J connectivity index is 1.86. The number of carbonyl (C=O) groups is 1. The van der Waals surface area contributed by atoms with Crippen LogP contribution < -0.4 is 10.6 Å². The Morgan fingerprint density at radius 1 is 1.19 bits per heavy atom. The molecule has 7 heteroatoms. The molecular weight excluding hydrogens is 272 g/mol. The lowest BCUT2D eigenvalue weighted by Gasteiger charge is -2.07. The molecule has 108 valence electrons. The third-order valence-electron chi connectivity index (χ3n) is 2.73. The van der Waals surface area contributed by atoms with Crippen molar-refractivity contribution in [2.24, 2.45) is 0 Å². The lowest BCUT2D eigenvalue weighted by Crippen LogP contribution is -2.29. The summed E-state index contributed by atoms with van der Waals surface area (Å²) < 4.78 is 0. The smallest absolute Gasteiger partial charge is 0.369 e. The molecule has 1 aromatic carbocycles. The summed E-state index contributed by atoms with van der Waals surface area (Å²) in [5.74, 6) is -0.551. The summed E-state index contributed by atoms with van der Waals surface area (Å²) in [5.41, 5.74) is 1.20. The average Bonchev–Trinajstić information content (AvgIpc) is 2.52. The average molecular weight is 286 g/mol. The van der Waals surface area contributed by atoms with Crippen molar-refractivity contribution in [1.82, 2.24) is 10.3 Å². The number of anilines is 1. The first-order chi connectivity index (χ1) is 10.2. The maximum atomic E-state index is 11.7.